The van der Waals surface area contributed by atoms with Gasteiger partial charge in [0.15, 0.2) is 0 Å². The number of carbonyl (C=O) groups excluding carboxylic acids is 1. The predicted molar refractivity (Wildman–Crippen MR) is 76.7 cm³/mol. The van der Waals surface area contributed by atoms with Crippen LogP contribution in [0.5, 0.6) is 5.75 Å². The number of rotatable bonds is 3. The van der Waals surface area contributed by atoms with Crippen molar-refractivity contribution in [1.82, 2.24) is 0 Å². The van der Waals surface area contributed by atoms with Crippen molar-refractivity contribution in [2.45, 2.75) is 11.7 Å². The van der Waals surface area contributed by atoms with Gasteiger partial charge in [0.05, 0.1) is 25.7 Å². The number of amides is 1. The van der Waals surface area contributed by atoms with E-state index in [4.69, 9.17) is 9.47 Å². The van der Waals surface area contributed by atoms with E-state index in [2.05, 4.69) is 0 Å². The fraction of sp³-hybridized carbons (Fsp3) is 0.375. The maximum Gasteiger partial charge on any atom is 0.310 e. The Morgan fingerprint density at radius 3 is 2.77 bits per heavy atom. The molecule has 6 heteroatoms. The average molecular weight is 301 g/mol. The largest absolute Gasteiger partial charge is 0.497 e. The second-order valence-electron chi connectivity index (χ2n) is 5.86. The molecule has 3 heterocycles. The maximum absolute atomic E-state index is 12.8. The molecule has 114 valence electrons. The summed E-state index contributed by atoms with van der Waals surface area (Å²) in [5.41, 5.74) is -0.0794. The third kappa shape index (κ3) is 1.58. The molecule has 4 atom stereocenters. The van der Waals surface area contributed by atoms with Crippen LogP contribution in [0, 0.1) is 11.8 Å². The van der Waals surface area contributed by atoms with E-state index < -0.39 is 29.5 Å². The molecule has 3 aliphatic heterocycles. The van der Waals surface area contributed by atoms with E-state index >= 15 is 0 Å². The molecular formula is C16H15NO5. The monoisotopic (exact) mass is 301 g/mol. The number of methoxy groups -OCH3 is 1. The van der Waals surface area contributed by atoms with Crippen molar-refractivity contribution >= 4 is 17.6 Å². The van der Waals surface area contributed by atoms with Crippen LogP contribution >= 0.6 is 0 Å². The van der Waals surface area contributed by atoms with Gasteiger partial charge in [-0.05, 0) is 24.3 Å². The van der Waals surface area contributed by atoms with E-state index in [1.165, 1.54) is 0 Å². The average Bonchev–Trinajstić information content (AvgIpc) is 3.15. The summed E-state index contributed by atoms with van der Waals surface area (Å²) in [6.07, 6.45) is 3.12. The van der Waals surface area contributed by atoms with E-state index in [-0.39, 0.29) is 5.91 Å². The van der Waals surface area contributed by atoms with E-state index in [0.29, 0.717) is 12.3 Å². The number of carboxylic acid groups (broad SMARTS) is 1. The SMILES string of the molecule is COc1ccc(N2CC34C=C[C@@H](O3)[C@H](C(=O)O)[C@@H]4C2=O)cc1. The molecule has 1 spiro atoms. The molecule has 1 N–H and O–H groups in total. The molecule has 2 bridgehead atoms. The lowest BCUT2D eigenvalue weighted by molar-refractivity contribution is -0.146. The molecule has 2 saturated heterocycles. The van der Waals surface area contributed by atoms with Gasteiger partial charge in [0.1, 0.15) is 17.3 Å². The van der Waals surface area contributed by atoms with Crippen molar-refractivity contribution in [3.8, 4) is 5.75 Å². The van der Waals surface area contributed by atoms with Crippen LogP contribution in [0.1, 0.15) is 0 Å². The molecule has 6 nitrogen and oxygen atoms in total. The second kappa shape index (κ2) is 4.33. The highest BCUT2D eigenvalue weighted by Gasteiger charge is 2.67. The zero-order valence-corrected chi connectivity index (χ0v) is 11.9. The predicted octanol–water partition coefficient (Wildman–Crippen LogP) is 1.07. The Labute approximate surface area is 126 Å². The van der Waals surface area contributed by atoms with Crippen LogP contribution in [-0.2, 0) is 14.3 Å². The standard InChI is InChI=1S/C16H15NO5/c1-21-10-4-2-9(3-5-10)17-8-16-7-6-11(22-16)12(15(19)20)13(16)14(17)18/h2-7,11-13H,8H2,1H3,(H,19,20)/t11-,12+,13-,16?/m1/s1. The first kappa shape index (κ1) is 13.3. The van der Waals surface area contributed by atoms with Crippen LogP contribution in [0.2, 0.25) is 0 Å². The third-order valence-corrected chi connectivity index (χ3v) is 4.77. The summed E-state index contributed by atoms with van der Waals surface area (Å²) in [6, 6.07) is 7.13. The van der Waals surface area contributed by atoms with Crippen LogP contribution in [-0.4, -0.2) is 42.3 Å². The highest BCUT2D eigenvalue weighted by molar-refractivity contribution is 6.02. The van der Waals surface area contributed by atoms with Gasteiger partial charge in [-0.15, -0.1) is 0 Å². The van der Waals surface area contributed by atoms with Crippen molar-refractivity contribution < 1.29 is 24.2 Å². The minimum Gasteiger partial charge on any atom is -0.497 e. The fourth-order valence-electron chi connectivity index (χ4n) is 3.76. The van der Waals surface area contributed by atoms with E-state index in [9.17, 15) is 14.7 Å². The van der Waals surface area contributed by atoms with E-state index in [1.807, 2.05) is 6.08 Å². The van der Waals surface area contributed by atoms with Gasteiger partial charge in [-0.2, -0.15) is 0 Å². The first-order chi connectivity index (χ1) is 10.6. The lowest BCUT2D eigenvalue weighted by Crippen LogP contribution is -2.39. The van der Waals surface area contributed by atoms with Crippen LogP contribution < -0.4 is 9.64 Å². The van der Waals surface area contributed by atoms with Gasteiger partial charge in [-0.1, -0.05) is 12.2 Å². The topological polar surface area (TPSA) is 76.1 Å². The number of hydrogen-bond acceptors (Lipinski definition) is 4. The molecule has 0 aromatic heterocycles. The molecule has 0 radical (unpaired) electrons. The molecule has 3 aliphatic rings. The van der Waals surface area contributed by atoms with E-state index in [0.717, 1.165) is 5.69 Å². The number of aliphatic carboxylic acids is 1. The molecule has 0 aliphatic carbocycles. The van der Waals surface area contributed by atoms with Gasteiger partial charge in [0, 0.05) is 5.69 Å². The normalized spacial score (nSPS) is 35.0. The minimum atomic E-state index is -0.980. The molecule has 1 aromatic carbocycles. The Hall–Kier alpha value is -2.34. The van der Waals surface area contributed by atoms with Gasteiger partial charge in [0.2, 0.25) is 5.91 Å². The summed E-state index contributed by atoms with van der Waals surface area (Å²) in [4.78, 5) is 25.9. The van der Waals surface area contributed by atoms with Crippen molar-refractivity contribution in [3.05, 3.63) is 36.4 Å². The van der Waals surface area contributed by atoms with Gasteiger partial charge in [0.25, 0.3) is 0 Å². The van der Waals surface area contributed by atoms with Gasteiger partial charge in [-0.25, -0.2) is 0 Å². The summed E-state index contributed by atoms with van der Waals surface area (Å²) in [5.74, 6) is -1.92. The summed E-state index contributed by atoms with van der Waals surface area (Å²) in [5, 5.41) is 9.42. The minimum absolute atomic E-state index is 0.190. The number of nitrogens with zero attached hydrogens (tertiary/aromatic N) is 1. The molecule has 4 rings (SSSR count). The molecular weight excluding hydrogens is 286 g/mol. The van der Waals surface area contributed by atoms with Gasteiger partial charge < -0.3 is 19.5 Å². The fourth-order valence-corrected chi connectivity index (χ4v) is 3.76. The Balaban J connectivity index is 1.70. The Morgan fingerprint density at radius 2 is 2.14 bits per heavy atom. The quantitative estimate of drug-likeness (QED) is 0.845. The van der Waals surface area contributed by atoms with Crippen LogP contribution in [0.4, 0.5) is 5.69 Å². The molecule has 2 fully saturated rings. The van der Waals surface area contributed by atoms with Gasteiger partial charge in [-0.3, -0.25) is 9.59 Å². The zero-order valence-electron chi connectivity index (χ0n) is 11.9. The van der Waals surface area contributed by atoms with Crippen molar-refractivity contribution in [2.75, 3.05) is 18.6 Å². The number of anilines is 1. The summed E-state index contributed by atoms with van der Waals surface area (Å²) in [6.45, 7) is 0.347. The van der Waals surface area contributed by atoms with Crippen LogP contribution in [0.25, 0.3) is 0 Å². The Kier molecular flexibility index (Phi) is 2.62. The zero-order chi connectivity index (χ0) is 15.5. The summed E-state index contributed by atoms with van der Waals surface area (Å²) >= 11 is 0. The molecule has 1 amide bonds. The van der Waals surface area contributed by atoms with Crippen LogP contribution in [0.3, 0.4) is 0 Å². The van der Waals surface area contributed by atoms with Crippen molar-refractivity contribution in [1.29, 1.82) is 0 Å². The molecule has 0 saturated carbocycles. The Morgan fingerprint density at radius 1 is 1.41 bits per heavy atom. The first-order valence-corrected chi connectivity index (χ1v) is 7.11. The number of ether oxygens (including phenoxy) is 2. The van der Waals surface area contributed by atoms with Crippen molar-refractivity contribution in [3.63, 3.8) is 0 Å². The maximum atomic E-state index is 12.8. The third-order valence-electron chi connectivity index (χ3n) is 4.77. The molecule has 22 heavy (non-hydrogen) atoms. The lowest BCUT2D eigenvalue weighted by atomic mass is 9.77. The first-order valence-electron chi connectivity index (χ1n) is 7.11. The summed E-state index contributed by atoms with van der Waals surface area (Å²) in [7, 11) is 1.58. The Bertz CT molecular complexity index is 682. The molecule has 1 unspecified atom stereocenters. The number of hydrogen-bond donors (Lipinski definition) is 1. The lowest BCUT2D eigenvalue weighted by Gasteiger charge is -2.21. The summed E-state index contributed by atoms with van der Waals surface area (Å²) < 4.78 is 11.0. The molecule has 1 aromatic rings. The highest BCUT2D eigenvalue weighted by atomic mass is 16.5. The smallest absolute Gasteiger partial charge is 0.310 e. The van der Waals surface area contributed by atoms with Gasteiger partial charge >= 0.3 is 5.97 Å². The van der Waals surface area contributed by atoms with Crippen molar-refractivity contribution in [2.24, 2.45) is 11.8 Å². The number of carboxylic acids is 1. The van der Waals surface area contributed by atoms with Crippen LogP contribution in [0.15, 0.2) is 36.4 Å². The highest BCUT2D eigenvalue weighted by Crippen LogP contribution is 2.52. The van der Waals surface area contributed by atoms with E-state index in [1.54, 1.807) is 42.4 Å². The number of benzene rings is 1. The second-order valence-corrected chi connectivity index (χ2v) is 5.86. The number of fused-ring (bicyclic) bond motifs is 1. The number of carbonyl (C=O) groups is 2.